The number of carboxylic acids is 1. The van der Waals surface area contributed by atoms with Gasteiger partial charge in [0.2, 0.25) is 10.0 Å². The minimum absolute atomic E-state index is 0.0353. The van der Waals surface area contributed by atoms with E-state index in [0.29, 0.717) is 0 Å². The number of carboxylic acid groups (broad SMARTS) is 1. The second-order valence-electron chi connectivity index (χ2n) is 4.31. The van der Waals surface area contributed by atoms with E-state index < -0.39 is 22.0 Å². The Bertz CT molecular complexity index is 616. The fourth-order valence-electron chi connectivity index (χ4n) is 1.66. The Morgan fingerprint density at radius 2 is 2.10 bits per heavy atom. The highest BCUT2D eigenvalue weighted by molar-refractivity contribution is 7.99. The van der Waals surface area contributed by atoms with E-state index in [1.54, 1.807) is 13.2 Å². The zero-order chi connectivity index (χ0) is 16.2. The Morgan fingerprint density at radius 1 is 1.48 bits per heavy atom. The Morgan fingerprint density at radius 3 is 2.57 bits per heavy atom. The molecule has 0 radical (unpaired) electrons. The summed E-state index contributed by atoms with van der Waals surface area (Å²) in [7, 11) is -3.89. The first-order valence-electron chi connectivity index (χ1n) is 5.91. The van der Waals surface area contributed by atoms with Gasteiger partial charge >= 0.3 is 5.97 Å². The zero-order valence-corrected chi connectivity index (χ0v) is 13.8. The molecule has 0 amide bonds. The summed E-state index contributed by atoms with van der Waals surface area (Å²) in [6.07, 6.45) is 1.76. The molecule has 1 rings (SSSR count). The third kappa shape index (κ3) is 4.58. The van der Waals surface area contributed by atoms with Gasteiger partial charge in [0, 0.05) is 11.3 Å². The first-order valence-corrected chi connectivity index (χ1v) is 9.06. The van der Waals surface area contributed by atoms with Gasteiger partial charge in [-0.2, -0.15) is 11.8 Å². The van der Waals surface area contributed by atoms with E-state index in [9.17, 15) is 13.2 Å². The summed E-state index contributed by atoms with van der Waals surface area (Å²) in [4.78, 5) is 10.8. The van der Waals surface area contributed by atoms with Crippen LogP contribution < -0.4 is 4.72 Å². The van der Waals surface area contributed by atoms with Crippen LogP contribution in [0.25, 0.3) is 0 Å². The minimum atomic E-state index is -3.89. The number of thioether (sulfide) groups is 1. The molecule has 0 fully saturated rings. The molecule has 21 heavy (non-hydrogen) atoms. The summed E-state index contributed by atoms with van der Waals surface area (Å²) in [6.45, 7) is 1.45. The van der Waals surface area contributed by atoms with Crippen LogP contribution in [0.4, 0.5) is 0 Å². The Hall–Kier alpha value is -0.800. The van der Waals surface area contributed by atoms with Crippen molar-refractivity contribution in [3.05, 3.63) is 28.8 Å². The molecular weight excluding hydrogens is 338 g/mol. The fourth-order valence-corrected chi connectivity index (χ4v) is 3.88. The molecule has 0 bridgehead atoms. The molecule has 6 nitrogen and oxygen atoms in total. The van der Waals surface area contributed by atoms with Crippen LogP contribution in [0.1, 0.15) is 17.3 Å². The molecule has 3 N–H and O–H groups in total. The number of hydrogen-bond acceptors (Lipinski definition) is 5. The molecule has 1 aromatic carbocycles. The lowest BCUT2D eigenvalue weighted by atomic mass is 10.2. The van der Waals surface area contributed by atoms with Crippen molar-refractivity contribution in [2.24, 2.45) is 0 Å². The summed E-state index contributed by atoms with van der Waals surface area (Å²) in [5.74, 6) is -1.30. The molecule has 0 aliphatic heterocycles. The molecule has 0 aliphatic rings. The minimum Gasteiger partial charge on any atom is -0.478 e. The lowest BCUT2D eigenvalue weighted by Crippen LogP contribution is -2.41. The fraction of sp³-hybridized carbons (Fsp3) is 0.417. The molecule has 0 saturated carbocycles. The number of rotatable bonds is 7. The number of hydrogen-bond donors (Lipinski definition) is 3. The van der Waals surface area contributed by atoms with Crippen molar-refractivity contribution in [3.8, 4) is 0 Å². The third-order valence-corrected chi connectivity index (χ3v) is 5.91. The maximum absolute atomic E-state index is 12.2. The summed E-state index contributed by atoms with van der Waals surface area (Å²) in [6, 6.07) is 2.95. The quantitative estimate of drug-likeness (QED) is 0.685. The van der Waals surface area contributed by atoms with E-state index in [0.717, 1.165) is 6.07 Å². The second-order valence-corrected chi connectivity index (χ2v) is 7.51. The molecule has 9 heteroatoms. The van der Waals surface area contributed by atoms with E-state index in [1.165, 1.54) is 23.9 Å². The highest BCUT2D eigenvalue weighted by atomic mass is 35.5. The largest absolute Gasteiger partial charge is 0.478 e. The van der Waals surface area contributed by atoms with Gasteiger partial charge in [0.05, 0.1) is 22.1 Å². The van der Waals surface area contributed by atoms with Crippen molar-refractivity contribution in [3.63, 3.8) is 0 Å². The SMILES string of the molecule is CSC(CO)C(C)NS(=O)(=O)c1ccc(Cl)c(C(=O)O)c1. The average Bonchev–Trinajstić information content (AvgIpc) is 2.39. The molecule has 1 aromatic rings. The van der Waals surface area contributed by atoms with Gasteiger partial charge in [-0.15, -0.1) is 0 Å². The number of nitrogens with one attached hydrogen (secondary N) is 1. The normalized spacial score (nSPS) is 14.7. The molecule has 118 valence electrons. The maximum Gasteiger partial charge on any atom is 0.337 e. The van der Waals surface area contributed by atoms with Crippen LogP contribution in [-0.4, -0.2) is 48.8 Å². The van der Waals surface area contributed by atoms with E-state index in [4.69, 9.17) is 21.8 Å². The highest BCUT2D eigenvalue weighted by Gasteiger charge is 2.24. The summed E-state index contributed by atoms with van der Waals surface area (Å²) in [5, 5.41) is 17.8. The number of carbonyl (C=O) groups is 1. The van der Waals surface area contributed by atoms with Crippen LogP contribution in [0.2, 0.25) is 5.02 Å². The van der Waals surface area contributed by atoms with Crippen molar-refractivity contribution in [2.45, 2.75) is 23.1 Å². The number of aliphatic hydroxyl groups excluding tert-OH is 1. The zero-order valence-electron chi connectivity index (χ0n) is 11.4. The van der Waals surface area contributed by atoms with Gasteiger partial charge in [-0.05, 0) is 31.4 Å². The number of aliphatic hydroxyl groups is 1. The van der Waals surface area contributed by atoms with Gasteiger partial charge in [-0.25, -0.2) is 17.9 Å². The Labute approximate surface area is 132 Å². The van der Waals surface area contributed by atoms with Crippen molar-refractivity contribution in [1.82, 2.24) is 4.72 Å². The van der Waals surface area contributed by atoms with E-state index in [-0.39, 0.29) is 27.3 Å². The third-order valence-electron chi connectivity index (χ3n) is 2.86. The van der Waals surface area contributed by atoms with Crippen molar-refractivity contribution < 1.29 is 23.4 Å². The molecule has 0 aliphatic carbocycles. The number of benzene rings is 1. The van der Waals surface area contributed by atoms with Gasteiger partial charge in [0.15, 0.2) is 0 Å². The van der Waals surface area contributed by atoms with E-state index >= 15 is 0 Å². The molecule has 0 heterocycles. The average molecular weight is 354 g/mol. The molecule has 0 aromatic heterocycles. The molecule has 2 unspecified atom stereocenters. The van der Waals surface area contributed by atoms with Crippen molar-refractivity contribution in [2.75, 3.05) is 12.9 Å². The smallest absolute Gasteiger partial charge is 0.337 e. The summed E-state index contributed by atoms with van der Waals surface area (Å²) < 4.78 is 26.9. The summed E-state index contributed by atoms with van der Waals surface area (Å²) in [5.41, 5.74) is -0.282. The van der Waals surface area contributed by atoms with E-state index in [2.05, 4.69) is 4.72 Å². The van der Waals surface area contributed by atoms with Crippen molar-refractivity contribution >= 4 is 39.4 Å². The van der Waals surface area contributed by atoms with Crippen LogP contribution in [-0.2, 0) is 10.0 Å². The number of halogens is 1. The first-order chi connectivity index (χ1) is 9.72. The predicted molar refractivity (Wildman–Crippen MR) is 82.6 cm³/mol. The van der Waals surface area contributed by atoms with Crippen LogP contribution in [0.5, 0.6) is 0 Å². The van der Waals surface area contributed by atoms with E-state index in [1.807, 2.05) is 0 Å². The summed E-state index contributed by atoms with van der Waals surface area (Å²) >= 11 is 7.04. The lowest BCUT2D eigenvalue weighted by Gasteiger charge is -2.21. The molecule has 2 atom stereocenters. The standard InChI is InChI=1S/C12H16ClNO5S2/c1-7(11(6-15)20-2)14-21(18,19)8-3-4-10(13)9(5-8)12(16)17/h3-5,7,11,14-15H,6H2,1-2H3,(H,16,17). The first kappa shape index (κ1) is 18.2. The number of sulfonamides is 1. The molecular formula is C12H16ClNO5S2. The molecule has 0 saturated heterocycles. The maximum atomic E-state index is 12.2. The predicted octanol–water partition coefficient (Wildman–Crippen LogP) is 1.43. The Balaban J connectivity index is 3.09. The number of aromatic carboxylic acids is 1. The van der Waals surface area contributed by atoms with Gasteiger partial charge < -0.3 is 10.2 Å². The van der Waals surface area contributed by atoms with Gasteiger partial charge in [-0.3, -0.25) is 0 Å². The topological polar surface area (TPSA) is 104 Å². The van der Waals surface area contributed by atoms with Crippen molar-refractivity contribution in [1.29, 1.82) is 0 Å². The highest BCUT2D eigenvalue weighted by Crippen LogP contribution is 2.21. The van der Waals surface area contributed by atoms with Gasteiger partial charge in [0.1, 0.15) is 0 Å². The van der Waals surface area contributed by atoms with Crippen LogP contribution in [0, 0.1) is 0 Å². The van der Waals surface area contributed by atoms with Crippen LogP contribution in [0.3, 0.4) is 0 Å². The van der Waals surface area contributed by atoms with Crippen LogP contribution in [0.15, 0.2) is 23.1 Å². The second kappa shape index (κ2) is 7.46. The Kier molecular flexibility index (Phi) is 6.48. The lowest BCUT2D eigenvalue weighted by molar-refractivity contribution is 0.0697. The van der Waals surface area contributed by atoms with Crippen LogP contribution >= 0.6 is 23.4 Å². The molecule has 0 spiro atoms. The monoisotopic (exact) mass is 353 g/mol. The van der Waals surface area contributed by atoms with Gasteiger partial charge in [-0.1, -0.05) is 11.6 Å². The van der Waals surface area contributed by atoms with Gasteiger partial charge in [0.25, 0.3) is 0 Å².